The fourth-order valence-electron chi connectivity index (χ4n) is 1.29. The van der Waals surface area contributed by atoms with Crippen LogP contribution in [0.2, 0.25) is 0 Å². The van der Waals surface area contributed by atoms with Crippen LogP contribution in [0.15, 0.2) is 0 Å². The van der Waals surface area contributed by atoms with Crippen molar-refractivity contribution in [2.75, 3.05) is 27.3 Å². The minimum atomic E-state index is -0.175. The number of ether oxygens (including phenoxy) is 1. The standard InChI is InChI=1S/C8H14NO3/c1-11-8(10)7-3-5-9(12-2)6-4-7/h3-6H2,1-2H3. The Labute approximate surface area is 72.4 Å². The monoisotopic (exact) mass is 172 g/mol. The summed E-state index contributed by atoms with van der Waals surface area (Å²) in [6.07, 6.45) is 1.50. The third kappa shape index (κ3) is 2.19. The van der Waals surface area contributed by atoms with Gasteiger partial charge in [0.25, 0.3) is 0 Å². The van der Waals surface area contributed by atoms with Crippen LogP contribution < -0.4 is 0 Å². The molecule has 4 nitrogen and oxygen atoms in total. The molecular formula is C8H14NO3. The molecule has 0 spiro atoms. The van der Waals surface area contributed by atoms with E-state index in [0.717, 1.165) is 31.8 Å². The van der Waals surface area contributed by atoms with E-state index in [1.54, 1.807) is 7.11 Å². The summed E-state index contributed by atoms with van der Waals surface area (Å²) >= 11 is 0. The smallest absolute Gasteiger partial charge is 0.313 e. The van der Waals surface area contributed by atoms with Crippen molar-refractivity contribution < 1.29 is 14.4 Å². The molecule has 69 valence electrons. The van der Waals surface area contributed by atoms with Crippen LogP contribution in [0, 0.1) is 5.92 Å². The Morgan fingerprint density at radius 1 is 1.33 bits per heavy atom. The Balaban J connectivity index is 2.30. The van der Waals surface area contributed by atoms with Crippen LogP contribution in [-0.4, -0.2) is 38.3 Å². The van der Waals surface area contributed by atoms with Gasteiger partial charge in [0.15, 0.2) is 0 Å². The summed E-state index contributed by atoms with van der Waals surface area (Å²) in [7, 11) is 3.06. The third-order valence-corrected chi connectivity index (χ3v) is 2.06. The van der Waals surface area contributed by atoms with E-state index in [-0.39, 0.29) is 5.97 Å². The molecule has 0 aliphatic carbocycles. The molecule has 1 heterocycles. The Morgan fingerprint density at radius 2 is 1.92 bits per heavy atom. The van der Waals surface area contributed by atoms with E-state index < -0.39 is 0 Å². The second-order valence-electron chi connectivity index (χ2n) is 2.71. The summed E-state index contributed by atoms with van der Waals surface area (Å²) in [4.78, 5) is 16.1. The molecule has 0 N–H and O–H groups in total. The van der Waals surface area contributed by atoms with Crippen LogP contribution in [0.3, 0.4) is 0 Å². The average molecular weight is 172 g/mol. The molecule has 0 saturated carbocycles. The van der Waals surface area contributed by atoms with Crippen LogP contribution in [0.1, 0.15) is 12.8 Å². The molecule has 12 heavy (non-hydrogen) atoms. The van der Waals surface area contributed by atoms with E-state index in [2.05, 4.69) is 4.74 Å². The van der Waals surface area contributed by atoms with Gasteiger partial charge >= 0.3 is 5.97 Å². The van der Waals surface area contributed by atoms with Crippen molar-refractivity contribution in [3.8, 4) is 0 Å². The van der Waals surface area contributed by atoms with Crippen molar-refractivity contribution in [3.05, 3.63) is 5.92 Å². The normalized spacial score (nSPS) is 20.8. The van der Waals surface area contributed by atoms with Crippen molar-refractivity contribution in [2.45, 2.75) is 12.8 Å². The molecule has 0 unspecified atom stereocenters. The molecule has 4 heteroatoms. The van der Waals surface area contributed by atoms with Crippen LogP contribution in [-0.2, 0) is 14.4 Å². The van der Waals surface area contributed by atoms with Gasteiger partial charge in [-0.05, 0) is 12.8 Å². The number of carbonyl (C=O) groups is 1. The van der Waals surface area contributed by atoms with Gasteiger partial charge in [0.1, 0.15) is 0 Å². The van der Waals surface area contributed by atoms with Gasteiger partial charge in [-0.15, -0.1) is 0 Å². The highest BCUT2D eigenvalue weighted by molar-refractivity contribution is 5.84. The maximum atomic E-state index is 11.0. The van der Waals surface area contributed by atoms with Gasteiger partial charge < -0.3 is 9.57 Å². The van der Waals surface area contributed by atoms with Gasteiger partial charge in [-0.1, -0.05) is 0 Å². The second kappa shape index (κ2) is 4.42. The Hall–Kier alpha value is -0.610. The van der Waals surface area contributed by atoms with Crippen molar-refractivity contribution >= 4 is 5.97 Å². The first-order valence-corrected chi connectivity index (χ1v) is 4.00. The van der Waals surface area contributed by atoms with Gasteiger partial charge in [0.2, 0.25) is 0 Å². The maximum Gasteiger partial charge on any atom is 0.313 e. The lowest BCUT2D eigenvalue weighted by molar-refractivity contribution is -0.150. The quantitative estimate of drug-likeness (QED) is 0.565. The van der Waals surface area contributed by atoms with E-state index in [0.29, 0.717) is 0 Å². The first-order valence-electron chi connectivity index (χ1n) is 4.00. The zero-order valence-electron chi connectivity index (χ0n) is 7.50. The predicted octanol–water partition coefficient (Wildman–Crippen LogP) is 0.391. The van der Waals surface area contributed by atoms with Crippen LogP contribution in [0.5, 0.6) is 0 Å². The Kier molecular flexibility index (Phi) is 3.49. The molecule has 0 amide bonds. The Morgan fingerprint density at radius 3 is 2.33 bits per heavy atom. The number of nitrogens with zero attached hydrogens (tertiary/aromatic N) is 1. The van der Waals surface area contributed by atoms with Crippen LogP contribution in [0.4, 0.5) is 0 Å². The largest absolute Gasteiger partial charge is 0.469 e. The molecule has 1 radical (unpaired) electrons. The number of hydrogen-bond donors (Lipinski definition) is 0. The first-order chi connectivity index (χ1) is 5.77. The summed E-state index contributed by atoms with van der Waals surface area (Å²) in [5.74, 6) is 0.691. The fraction of sp³-hybridized carbons (Fsp3) is 0.750. The lowest BCUT2D eigenvalue weighted by Crippen LogP contribution is -2.34. The maximum absolute atomic E-state index is 11.0. The fourth-order valence-corrected chi connectivity index (χ4v) is 1.29. The summed E-state index contributed by atoms with van der Waals surface area (Å²) in [6.45, 7) is 1.56. The summed E-state index contributed by atoms with van der Waals surface area (Å²) in [6, 6.07) is 0. The Bertz CT molecular complexity index is 152. The summed E-state index contributed by atoms with van der Waals surface area (Å²) in [5, 5.41) is 1.84. The van der Waals surface area contributed by atoms with Crippen molar-refractivity contribution in [2.24, 2.45) is 0 Å². The summed E-state index contributed by atoms with van der Waals surface area (Å²) in [5.41, 5.74) is 0. The van der Waals surface area contributed by atoms with E-state index in [4.69, 9.17) is 4.84 Å². The van der Waals surface area contributed by atoms with Gasteiger partial charge in [-0.2, -0.15) is 5.06 Å². The number of hydrogen-bond acceptors (Lipinski definition) is 4. The number of hydroxylamine groups is 2. The number of rotatable bonds is 2. The van der Waals surface area contributed by atoms with Crippen molar-refractivity contribution in [1.29, 1.82) is 0 Å². The number of esters is 1. The zero-order valence-corrected chi connectivity index (χ0v) is 7.50. The van der Waals surface area contributed by atoms with Crippen molar-refractivity contribution in [1.82, 2.24) is 5.06 Å². The minimum Gasteiger partial charge on any atom is -0.469 e. The molecule has 0 aromatic carbocycles. The molecule has 0 atom stereocenters. The minimum absolute atomic E-state index is 0.175. The van der Waals surface area contributed by atoms with E-state index in [9.17, 15) is 4.79 Å². The molecule has 1 saturated heterocycles. The highest BCUT2D eigenvalue weighted by atomic mass is 16.7. The zero-order chi connectivity index (χ0) is 8.97. The molecule has 1 aliphatic rings. The van der Waals surface area contributed by atoms with E-state index >= 15 is 0 Å². The summed E-state index contributed by atoms with van der Waals surface area (Å²) < 4.78 is 4.62. The first kappa shape index (κ1) is 9.48. The van der Waals surface area contributed by atoms with E-state index in [1.165, 1.54) is 7.11 Å². The van der Waals surface area contributed by atoms with E-state index in [1.807, 2.05) is 5.06 Å². The number of methoxy groups -OCH3 is 1. The topological polar surface area (TPSA) is 38.8 Å². The highest BCUT2D eigenvalue weighted by Gasteiger charge is 2.26. The predicted molar refractivity (Wildman–Crippen MR) is 43.1 cm³/mol. The molecule has 0 bridgehead atoms. The molecule has 0 aromatic rings. The number of carbonyl (C=O) groups excluding carboxylic acids is 1. The lowest BCUT2D eigenvalue weighted by atomic mass is 9.98. The second-order valence-corrected chi connectivity index (χ2v) is 2.71. The van der Waals surface area contributed by atoms with Gasteiger partial charge in [0.05, 0.1) is 20.1 Å². The molecule has 0 aromatic heterocycles. The lowest BCUT2D eigenvalue weighted by Gasteiger charge is -2.27. The molecular weight excluding hydrogens is 158 g/mol. The molecule has 1 aliphatic heterocycles. The van der Waals surface area contributed by atoms with Gasteiger partial charge in [-0.25, -0.2) is 0 Å². The molecule has 1 fully saturated rings. The van der Waals surface area contributed by atoms with Gasteiger partial charge in [-0.3, -0.25) is 4.79 Å². The highest BCUT2D eigenvalue weighted by Crippen LogP contribution is 2.19. The van der Waals surface area contributed by atoms with Crippen LogP contribution in [0.25, 0.3) is 0 Å². The van der Waals surface area contributed by atoms with Gasteiger partial charge in [0, 0.05) is 13.1 Å². The third-order valence-electron chi connectivity index (χ3n) is 2.06. The molecule has 1 rings (SSSR count). The SMILES string of the molecule is COC(=O)[C]1CCN(OC)CC1. The van der Waals surface area contributed by atoms with Crippen LogP contribution >= 0.6 is 0 Å². The average Bonchev–Trinajstić information content (AvgIpc) is 2.17. The number of piperidine rings is 1. The van der Waals surface area contributed by atoms with Crippen molar-refractivity contribution in [3.63, 3.8) is 0 Å².